The van der Waals surface area contributed by atoms with Crippen LogP contribution in [0.2, 0.25) is 0 Å². The predicted molar refractivity (Wildman–Crippen MR) is 57.2 cm³/mol. The van der Waals surface area contributed by atoms with Crippen molar-refractivity contribution in [2.75, 3.05) is 5.88 Å². The van der Waals surface area contributed by atoms with Crippen LogP contribution >= 0.6 is 11.6 Å². The summed E-state index contributed by atoms with van der Waals surface area (Å²) in [7, 11) is 0. The quantitative estimate of drug-likeness (QED) is 0.517. The van der Waals surface area contributed by atoms with Gasteiger partial charge in [-0.3, -0.25) is 0 Å². The van der Waals surface area contributed by atoms with Gasteiger partial charge in [-0.2, -0.15) is 0 Å². The standard InChI is InChI=1S/C11H17ClO2/c1-10(13,9-12)7-8-11(14)5-3-2-4-6-11/h13-14H,2-6,9H2,1H3. The van der Waals surface area contributed by atoms with E-state index in [-0.39, 0.29) is 5.88 Å². The van der Waals surface area contributed by atoms with Crippen LogP contribution < -0.4 is 0 Å². The molecule has 0 bridgehead atoms. The van der Waals surface area contributed by atoms with Gasteiger partial charge in [-0.15, -0.1) is 11.6 Å². The lowest BCUT2D eigenvalue weighted by Gasteiger charge is -2.27. The summed E-state index contributed by atoms with van der Waals surface area (Å²) in [4.78, 5) is 0. The zero-order valence-electron chi connectivity index (χ0n) is 8.52. The summed E-state index contributed by atoms with van der Waals surface area (Å²) in [5.41, 5.74) is -2.08. The van der Waals surface area contributed by atoms with E-state index in [0.29, 0.717) is 12.8 Å². The molecular weight excluding hydrogens is 200 g/mol. The molecule has 0 aromatic carbocycles. The molecule has 0 saturated heterocycles. The highest BCUT2D eigenvalue weighted by Crippen LogP contribution is 2.27. The lowest BCUT2D eigenvalue weighted by Crippen LogP contribution is -2.31. The van der Waals surface area contributed by atoms with Crippen molar-refractivity contribution in [1.82, 2.24) is 0 Å². The van der Waals surface area contributed by atoms with Crippen molar-refractivity contribution in [1.29, 1.82) is 0 Å². The molecule has 0 aromatic rings. The Labute approximate surface area is 90.3 Å². The van der Waals surface area contributed by atoms with Crippen LogP contribution in [0.25, 0.3) is 0 Å². The van der Waals surface area contributed by atoms with E-state index < -0.39 is 11.2 Å². The van der Waals surface area contributed by atoms with E-state index in [1.54, 1.807) is 6.92 Å². The Morgan fingerprint density at radius 2 is 1.93 bits per heavy atom. The molecule has 1 saturated carbocycles. The Morgan fingerprint density at radius 3 is 2.43 bits per heavy atom. The summed E-state index contributed by atoms with van der Waals surface area (Å²) in [5.74, 6) is 5.47. The lowest BCUT2D eigenvalue weighted by molar-refractivity contribution is 0.0595. The third-order valence-electron chi connectivity index (χ3n) is 2.51. The van der Waals surface area contributed by atoms with Crippen molar-refractivity contribution in [2.24, 2.45) is 0 Å². The predicted octanol–water partition coefficient (Wildman–Crippen LogP) is 1.67. The Hall–Kier alpha value is -0.230. The second kappa shape index (κ2) is 4.53. The van der Waals surface area contributed by atoms with Gasteiger partial charge in [0.2, 0.25) is 0 Å². The van der Waals surface area contributed by atoms with E-state index in [0.717, 1.165) is 19.3 Å². The summed E-state index contributed by atoms with van der Waals surface area (Å²) < 4.78 is 0. The van der Waals surface area contributed by atoms with Crippen LogP contribution in [0.15, 0.2) is 0 Å². The fourth-order valence-electron chi connectivity index (χ4n) is 1.55. The van der Waals surface area contributed by atoms with Crippen LogP contribution in [0.1, 0.15) is 39.0 Å². The Kier molecular flexibility index (Phi) is 3.83. The number of hydrogen-bond donors (Lipinski definition) is 2. The Morgan fingerprint density at radius 1 is 1.36 bits per heavy atom. The largest absolute Gasteiger partial charge is 0.378 e. The second-order valence-corrected chi connectivity index (χ2v) is 4.52. The molecule has 3 heteroatoms. The second-order valence-electron chi connectivity index (χ2n) is 4.25. The topological polar surface area (TPSA) is 40.5 Å². The number of rotatable bonds is 1. The molecule has 1 aliphatic rings. The van der Waals surface area contributed by atoms with Crippen molar-refractivity contribution in [3.8, 4) is 11.8 Å². The van der Waals surface area contributed by atoms with Crippen LogP contribution in [-0.4, -0.2) is 27.3 Å². The van der Waals surface area contributed by atoms with Gasteiger partial charge in [0.15, 0.2) is 0 Å². The van der Waals surface area contributed by atoms with Gasteiger partial charge in [-0.05, 0) is 32.6 Å². The van der Waals surface area contributed by atoms with Crippen LogP contribution in [0.4, 0.5) is 0 Å². The van der Waals surface area contributed by atoms with Gasteiger partial charge in [0.05, 0.1) is 5.88 Å². The fourth-order valence-corrected chi connectivity index (χ4v) is 1.61. The summed E-state index contributed by atoms with van der Waals surface area (Å²) >= 11 is 5.52. The van der Waals surface area contributed by atoms with Crippen molar-refractivity contribution in [3.63, 3.8) is 0 Å². The third-order valence-corrected chi connectivity index (χ3v) is 3.03. The molecule has 0 aromatic heterocycles. The molecule has 1 unspecified atom stereocenters. The van der Waals surface area contributed by atoms with Crippen LogP contribution in [0.5, 0.6) is 0 Å². The molecular formula is C11H17ClO2. The van der Waals surface area contributed by atoms with Gasteiger partial charge in [-0.1, -0.05) is 18.3 Å². The maximum Gasteiger partial charge on any atom is 0.136 e. The summed E-state index contributed by atoms with van der Waals surface area (Å²) in [6.45, 7) is 1.55. The highest BCUT2D eigenvalue weighted by atomic mass is 35.5. The van der Waals surface area contributed by atoms with E-state index in [2.05, 4.69) is 11.8 Å². The molecule has 0 aliphatic heterocycles. The summed E-state index contributed by atoms with van der Waals surface area (Å²) in [6, 6.07) is 0. The molecule has 0 spiro atoms. The minimum atomic E-state index is -1.19. The average Bonchev–Trinajstić information content (AvgIpc) is 2.17. The first-order valence-electron chi connectivity index (χ1n) is 5.03. The number of alkyl halides is 1. The molecule has 1 atom stereocenters. The average molecular weight is 217 g/mol. The van der Waals surface area contributed by atoms with Crippen molar-refractivity contribution >= 4 is 11.6 Å². The van der Waals surface area contributed by atoms with Crippen LogP contribution in [0, 0.1) is 11.8 Å². The maximum absolute atomic E-state index is 10.0. The van der Waals surface area contributed by atoms with Gasteiger partial charge in [-0.25, -0.2) is 0 Å². The van der Waals surface area contributed by atoms with E-state index in [1.807, 2.05) is 0 Å². The van der Waals surface area contributed by atoms with Gasteiger partial charge >= 0.3 is 0 Å². The van der Waals surface area contributed by atoms with Crippen LogP contribution in [-0.2, 0) is 0 Å². The molecule has 0 heterocycles. The molecule has 0 radical (unpaired) electrons. The minimum absolute atomic E-state index is 0.0656. The fraction of sp³-hybridized carbons (Fsp3) is 0.818. The molecule has 1 fully saturated rings. The van der Waals surface area contributed by atoms with E-state index in [4.69, 9.17) is 11.6 Å². The van der Waals surface area contributed by atoms with E-state index >= 15 is 0 Å². The third kappa shape index (κ3) is 3.49. The normalized spacial score (nSPS) is 24.6. The zero-order valence-corrected chi connectivity index (χ0v) is 9.27. The molecule has 1 rings (SSSR count). The number of hydrogen-bond acceptors (Lipinski definition) is 2. The highest BCUT2D eigenvalue weighted by molar-refractivity contribution is 6.18. The Balaban J connectivity index is 2.64. The zero-order chi connectivity index (χ0) is 10.7. The maximum atomic E-state index is 10.0. The molecule has 14 heavy (non-hydrogen) atoms. The smallest absolute Gasteiger partial charge is 0.136 e. The van der Waals surface area contributed by atoms with Gasteiger partial charge in [0.1, 0.15) is 11.2 Å². The van der Waals surface area contributed by atoms with Crippen molar-refractivity contribution in [2.45, 2.75) is 50.2 Å². The Bertz CT molecular complexity index is 244. The number of halogens is 1. The molecule has 80 valence electrons. The van der Waals surface area contributed by atoms with Crippen LogP contribution in [0.3, 0.4) is 0 Å². The number of aliphatic hydroxyl groups is 2. The molecule has 2 N–H and O–H groups in total. The molecule has 2 nitrogen and oxygen atoms in total. The summed E-state index contributed by atoms with van der Waals surface area (Å²) in [6.07, 6.45) is 4.59. The van der Waals surface area contributed by atoms with Crippen molar-refractivity contribution < 1.29 is 10.2 Å². The molecule has 1 aliphatic carbocycles. The molecule has 0 amide bonds. The lowest BCUT2D eigenvalue weighted by atomic mass is 9.85. The monoisotopic (exact) mass is 216 g/mol. The minimum Gasteiger partial charge on any atom is -0.378 e. The van der Waals surface area contributed by atoms with Crippen molar-refractivity contribution in [3.05, 3.63) is 0 Å². The van der Waals surface area contributed by atoms with Gasteiger partial charge in [0, 0.05) is 0 Å². The summed E-state index contributed by atoms with van der Waals surface area (Å²) in [5, 5.41) is 19.6. The van der Waals surface area contributed by atoms with E-state index in [9.17, 15) is 10.2 Å². The van der Waals surface area contributed by atoms with Gasteiger partial charge in [0.25, 0.3) is 0 Å². The SMILES string of the molecule is CC(O)(C#CC1(O)CCCCC1)CCl. The first-order chi connectivity index (χ1) is 6.47. The van der Waals surface area contributed by atoms with Gasteiger partial charge < -0.3 is 10.2 Å². The first-order valence-corrected chi connectivity index (χ1v) is 5.56. The highest BCUT2D eigenvalue weighted by Gasteiger charge is 2.27. The first kappa shape index (κ1) is 11.8. The van der Waals surface area contributed by atoms with E-state index in [1.165, 1.54) is 0 Å².